The average molecular weight is 458 g/mol. The molecule has 1 amide bonds. The van der Waals surface area contributed by atoms with Crippen LogP contribution in [0.2, 0.25) is 0 Å². The molecule has 0 bridgehead atoms. The number of hydrogen-bond donors (Lipinski definition) is 0. The van der Waals surface area contributed by atoms with Crippen LogP contribution in [0.1, 0.15) is 35.1 Å². The number of amides is 1. The second kappa shape index (κ2) is 9.94. The van der Waals surface area contributed by atoms with Crippen LogP contribution < -0.4 is 9.21 Å². The molecule has 6 nitrogen and oxygen atoms in total. The number of rotatable bonds is 7. The highest BCUT2D eigenvalue weighted by Crippen LogP contribution is 2.25. The van der Waals surface area contributed by atoms with E-state index in [-0.39, 0.29) is 5.91 Å². The van der Waals surface area contributed by atoms with Gasteiger partial charge in [-0.25, -0.2) is 8.42 Å². The molecular weight excluding hydrogens is 422 g/mol. The summed E-state index contributed by atoms with van der Waals surface area (Å²) in [6, 6.07) is 12.0. The van der Waals surface area contributed by atoms with Crippen molar-refractivity contribution >= 4 is 27.3 Å². The normalized spacial score (nSPS) is 14.5. The van der Waals surface area contributed by atoms with Gasteiger partial charge in [-0.2, -0.15) is 0 Å². The van der Waals surface area contributed by atoms with Gasteiger partial charge in [0.15, 0.2) is 0 Å². The Morgan fingerprint density at radius 3 is 2.25 bits per heavy atom. The average Bonchev–Trinajstić information content (AvgIpc) is 2.74. The molecule has 174 valence electrons. The topological polar surface area (TPSA) is 60.9 Å². The minimum absolute atomic E-state index is 0.0964. The van der Waals surface area contributed by atoms with E-state index in [9.17, 15) is 13.2 Å². The van der Waals surface area contributed by atoms with E-state index in [0.29, 0.717) is 38.2 Å². The summed E-state index contributed by atoms with van der Waals surface area (Å²) >= 11 is 0. The molecule has 1 heterocycles. The van der Waals surface area contributed by atoms with Crippen LogP contribution in [-0.4, -0.2) is 58.2 Å². The molecule has 7 heteroatoms. The van der Waals surface area contributed by atoms with E-state index < -0.39 is 10.0 Å². The van der Waals surface area contributed by atoms with Crippen molar-refractivity contribution in [3.8, 4) is 0 Å². The molecule has 2 aromatic carbocycles. The van der Waals surface area contributed by atoms with Gasteiger partial charge in [0.1, 0.15) is 0 Å². The molecule has 0 spiro atoms. The van der Waals surface area contributed by atoms with Crippen LogP contribution in [0.4, 0.5) is 11.4 Å². The Kier molecular flexibility index (Phi) is 7.49. The van der Waals surface area contributed by atoms with Crippen molar-refractivity contribution < 1.29 is 13.2 Å². The van der Waals surface area contributed by atoms with Gasteiger partial charge in [0.05, 0.1) is 11.9 Å². The second-order valence-electron chi connectivity index (χ2n) is 8.79. The van der Waals surface area contributed by atoms with Crippen LogP contribution in [0.25, 0.3) is 0 Å². The fraction of sp³-hybridized carbons (Fsp3) is 0.480. The summed E-state index contributed by atoms with van der Waals surface area (Å²) in [5.41, 5.74) is 6.64. The van der Waals surface area contributed by atoms with Gasteiger partial charge in [0.2, 0.25) is 15.9 Å². The quantitative estimate of drug-likeness (QED) is 0.634. The number of piperazine rings is 1. The first-order valence-corrected chi connectivity index (χ1v) is 13.1. The summed E-state index contributed by atoms with van der Waals surface area (Å²) in [5.74, 6) is 0.0964. The number of aryl methyl sites for hydroxylation is 3. The lowest BCUT2D eigenvalue weighted by atomic mass is 10.1. The Bertz CT molecular complexity index is 1070. The van der Waals surface area contributed by atoms with Gasteiger partial charge in [-0.3, -0.25) is 9.10 Å². The maximum atomic E-state index is 12.8. The predicted molar refractivity (Wildman–Crippen MR) is 132 cm³/mol. The predicted octanol–water partition coefficient (Wildman–Crippen LogP) is 3.82. The lowest BCUT2D eigenvalue weighted by Gasteiger charge is -2.37. The van der Waals surface area contributed by atoms with E-state index in [1.54, 1.807) is 0 Å². The van der Waals surface area contributed by atoms with Crippen molar-refractivity contribution in [3.63, 3.8) is 0 Å². The van der Waals surface area contributed by atoms with Crippen LogP contribution in [0.3, 0.4) is 0 Å². The molecule has 0 radical (unpaired) electrons. The highest BCUT2D eigenvalue weighted by Gasteiger charge is 2.23. The van der Waals surface area contributed by atoms with Crippen molar-refractivity contribution in [1.29, 1.82) is 0 Å². The molecule has 0 aliphatic carbocycles. The van der Waals surface area contributed by atoms with Crippen LogP contribution in [-0.2, 0) is 14.8 Å². The van der Waals surface area contributed by atoms with E-state index >= 15 is 0 Å². The largest absolute Gasteiger partial charge is 0.368 e. The van der Waals surface area contributed by atoms with Crippen molar-refractivity contribution in [2.24, 2.45) is 0 Å². The highest BCUT2D eigenvalue weighted by atomic mass is 32.2. The van der Waals surface area contributed by atoms with Crippen molar-refractivity contribution in [3.05, 3.63) is 58.7 Å². The zero-order valence-electron chi connectivity index (χ0n) is 19.9. The Morgan fingerprint density at radius 1 is 0.938 bits per heavy atom. The summed E-state index contributed by atoms with van der Waals surface area (Å²) in [5, 5.41) is 0. The van der Waals surface area contributed by atoms with Crippen molar-refractivity contribution in [2.75, 3.05) is 48.2 Å². The SMILES string of the molecule is Cc1ccc(N(CCCC(=O)N2CCN(c3cccc(C)c3C)CC2)S(C)(=O)=O)cc1C. The third-order valence-corrected chi connectivity index (χ3v) is 7.67. The van der Waals surface area contributed by atoms with Crippen molar-refractivity contribution in [2.45, 2.75) is 40.5 Å². The highest BCUT2D eigenvalue weighted by molar-refractivity contribution is 7.92. The van der Waals surface area contributed by atoms with Crippen LogP contribution in [0, 0.1) is 27.7 Å². The number of hydrogen-bond acceptors (Lipinski definition) is 4. The van der Waals surface area contributed by atoms with Crippen LogP contribution in [0.15, 0.2) is 36.4 Å². The summed E-state index contributed by atoms with van der Waals surface area (Å²) in [7, 11) is -3.41. The molecule has 1 saturated heterocycles. The van der Waals surface area contributed by atoms with Gasteiger partial charge in [-0.1, -0.05) is 18.2 Å². The fourth-order valence-corrected chi connectivity index (χ4v) is 5.13. The van der Waals surface area contributed by atoms with Crippen LogP contribution in [0.5, 0.6) is 0 Å². The minimum Gasteiger partial charge on any atom is -0.368 e. The van der Waals surface area contributed by atoms with Gasteiger partial charge in [0, 0.05) is 44.8 Å². The molecular formula is C25H35N3O3S. The molecule has 2 aromatic rings. The van der Waals surface area contributed by atoms with E-state index in [4.69, 9.17) is 0 Å². The van der Waals surface area contributed by atoms with Gasteiger partial charge >= 0.3 is 0 Å². The molecule has 3 rings (SSSR count). The lowest BCUT2D eigenvalue weighted by molar-refractivity contribution is -0.131. The number of nitrogens with zero attached hydrogens (tertiary/aromatic N) is 3. The van der Waals surface area contributed by atoms with Gasteiger partial charge in [0.25, 0.3) is 0 Å². The Morgan fingerprint density at radius 2 is 1.62 bits per heavy atom. The minimum atomic E-state index is -3.41. The molecule has 0 unspecified atom stereocenters. The molecule has 0 saturated carbocycles. The summed E-state index contributed by atoms with van der Waals surface area (Å²) in [6.07, 6.45) is 2.06. The van der Waals surface area contributed by atoms with E-state index in [2.05, 4.69) is 36.9 Å². The number of anilines is 2. The first kappa shape index (κ1) is 24.1. The van der Waals surface area contributed by atoms with Crippen LogP contribution >= 0.6 is 0 Å². The Balaban J connectivity index is 1.55. The zero-order chi connectivity index (χ0) is 23.5. The van der Waals surface area contributed by atoms with Crippen molar-refractivity contribution in [1.82, 2.24) is 4.90 Å². The molecule has 1 fully saturated rings. The summed E-state index contributed by atoms with van der Waals surface area (Å²) in [6.45, 7) is 11.6. The molecule has 0 N–H and O–H groups in total. The zero-order valence-corrected chi connectivity index (χ0v) is 20.7. The molecule has 1 aliphatic heterocycles. The van der Waals surface area contributed by atoms with Gasteiger partial charge < -0.3 is 9.80 Å². The number of carbonyl (C=O) groups excluding carboxylic acids is 1. The number of sulfonamides is 1. The van der Waals surface area contributed by atoms with Gasteiger partial charge in [-0.15, -0.1) is 0 Å². The van der Waals surface area contributed by atoms with E-state index in [1.165, 1.54) is 27.4 Å². The van der Waals surface area contributed by atoms with Gasteiger partial charge in [-0.05, 0) is 74.6 Å². The standard InChI is InChI=1S/C25H35N3O3S/c1-19-11-12-23(18-21(19)3)28(32(5,30)31)13-7-10-25(29)27-16-14-26(15-17-27)24-9-6-8-20(2)22(24)4/h6,8-9,11-12,18H,7,10,13-17H2,1-5H3. The third-order valence-electron chi connectivity index (χ3n) is 6.48. The molecule has 1 aliphatic rings. The molecule has 32 heavy (non-hydrogen) atoms. The smallest absolute Gasteiger partial charge is 0.232 e. The first-order valence-electron chi connectivity index (χ1n) is 11.2. The molecule has 0 aromatic heterocycles. The summed E-state index contributed by atoms with van der Waals surface area (Å²) < 4.78 is 26.1. The number of benzene rings is 2. The maximum Gasteiger partial charge on any atom is 0.232 e. The Hall–Kier alpha value is -2.54. The first-order chi connectivity index (χ1) is 15.1. The number of carbonyl (C=O) groups is 1. The summed E-state index contributed by atoms with van der Waals surface area (Å²) in [4.78, 5) is 17.0. The monoisotopic (exact) mass is 457 g/mol. The lowest BCUT2D eigenvalue weighted by Crippen LogP contribution is -2.49. The Labute approximate surface area is 192 Å². The second-order valence-corrected chi connectivity index (χ2v) is 10.7. The fourth-order valence-electron chi connectivity index (χ4n) is 4.17. The molecule has 0 atom stereocenters. The van der Waals surface area contributed by atoms with E-state index in [1.807, 2.05) is 36.9 Å². The maximum absolute atomic E-state index is 12.8. The third kappa shape index (κ3) is 5.63. The van der Waals surface area contributed by atoms with E-state index in [0.717, 1.165) is 24.2 Å².